The molecule has 0 saturated heterocycles. The number of nitrogens with one attached hydrogen (secondary N) is 1. The molecule has 0 aliphatic rings. The number of rotatable bonds is 6. The van der Waals surface area contributed by atoms with E-state index in [-0.39, 0.29) is 33.4 Å². The molecule has 0 fully saturated rings. The van der Waals surface area contributed by atoms with Gasteiger partial charge in [0.05, 0.1) is 16.4 Å². The number of pyridine rings is 1. The van der Waals surface area contributed by atoms with Crippen LogP contribution < -0.4 is 16.2 Å². The van der Waals surface area contributed by atoms with E-state index >= 15 is 0 Å². The third-order valence-corrected chi connectivity index (χ3v) is 5.10. The van der Waals surface area contributed by atoms with Crippen molar-refractivity contribution in [2.24, 2.45) is 0 Å². The van der Waals surface area contributed by atoms with E-state index < -0.39 is 5.82 Å². The molecule has 3 aromatic rings. The van der Waals surface area contributed by atoms with Crippen LogP contribution in [0.25, 0.3) is 16.7 Å². The van der Waals surface area contributed by atoms with Crippen molar-refractivity contribution in [1.29, 1.82) is 0 Å². The number of nitrogens with two attached hydrogens (primary N) is 1. The molecule has 160 valence electrons. The van der Waals surface area contributed by atoms with Crippen LogP contribution in [0.15, 0.2) is 72.8 Å². The normalized spacial score (nSPS) is 12.1. The van der Waals surface area contributed by atoms with E-state index in [2.05, 4.69) is 10.3 Å². The Kier molecular flexibility index (Phi) is 6.92. The molecule has 3 rings (SSSR count). The maximum atomic E-state index is 14.8. The zero-order valence-corrected chi connectivity index (χ0v) is 18.2. The number of nitrogens with zero attached hydrogens (tertiary/aromatic N) is 2. The highest BCUT2D eigenvalue weighted by Gasteiger charge is 2.16. The SMILES string of the molecule is C/C(=C\N/C=C(\C)N(F)c1ccc(-c2c(Cl)ccnc2N)c(F)c1)c1ccc(C)cc1. The van der Waals surface area contributed by atoms with Crippen LogP contribution >= 0.6 is 11.6 Å². The summed E-state index contributed by atoms with van der Waals surface area (Å²) >= 11 is 6.13. The van der Waals surface area contributed by atoms with Gasteiger partial charge in [-0.3, -0.25) is 0 Å². The zero-order valence-electron chi connectivity index (χ0n) is 17.5. The molecule has 0 bridgehead atoms. The van der Waals surface area contributed by atoms with Gasteiger partial charge in [0, 0.05) is 35.8 Å². The predicted octanol–water partition coefficient (Wildman–Crippen LogP) is 6.63. The molecule has 1 aromatic heterocycles. The summed E-state index contributed by atoms with van der Waals surface area (Å²) in [5, 5.41) is 3.64. The molecule has 0 atom stereocenters. The number of halogens is 3. The van der Waals surface area contributed by atoms with Crippen LogP contribution in [0.2, 0.25) is 5.02 Å². The highest BCUT2D eigenvalue weighted by atomic mass is 35.5. The van der Waals surface area contributed by atoms with Gasteiger partial charge in [-0.2, -0.15) is 5.12 Å². The van der Waals surface area contributed by atoms with Crippen molar-refractivity contribution in [3.05, 3.63) is 94.8 Å². The average molecular weight is 441 g/mol. The van der Waals surface area contributed by atoms with Crippen LogP contribution in [0.3, 0.4) is 0 Å². The molecule has 0 radical (unpaired) electrons. The molecule has 0 aliphatic heterocycles. The largest absolute Gasteiger partial charge is 0.383 e. The summed E-state index contributed by atoms with van der Waals surface area (Å²) in [6.45, 7) is 5.56. The molecule has 0 amide bonds. The van der Waals surface area contributed by atoms with Gasteiger partial charge in [-0.05, 0) is 50.1 Å². The first kappa shape index (κ1) is 22.3. The molecular formula is C24H23ClF2N4. The van der Waals surface area contributed by atoms with Crippen molar-refractivity contribution < 1.29 is 8.87 Å². The Morgan fingerprint density at radius 2 is 1.81 bits per heavy atom. The second-order valence-electron chi connectivity index (χ2n) is 7.14. The minimum Gasteiger partial charge on any atom is -0.383 e. The van der Waals surface area contributed by atoms with Crippen LogP contribution in [-0.4, -0.2) is 4.98 Å². The van der Waals surface area contributed by atoms with Crippen molar-refractivity contribution in [3.63, 3.8) is 0 Å². The minimum absolute atomic E-state index is 0.0367. The quantitative estimate of drug-likeness (QED) is 0.422. The standard InChI is InChI=1S/C24H23ClF2N4/c1-15-4-6-18(7-5-15)16(2)13-29-14-17(3)31(27)19-8-9-20(22(26)12-19)23-21(25)10-11-30-24(23)28/h4-14,29H,1-3H3,(H2,28,30)/b16-13+,17-14+. The lowest BCUT2D eigenvalue weighted by molar-refractivity contribution is 0.476. The van der Waals surface area contributed by atoms with Crippen molar-refractivity contribution in [1.82, 2.24) is 10.3 Å². The molecule has 7 heteroatoms. The number of hydrogen-bond donors (Lipinski definition) is 2. The number of benzene rings is 2. The number of allylic oxidation sites excluding steroid dienone is 2. The van der Waals surface area contributed by atoms with Crippen molar-refractivity contribution in [2.45, 2.75) is 20.8 Å². The summed E-state index contributed by atoms with van der Waals surface area (Å²) in [5.41, 5.74) is 9.79. The number of nitrogen functional groups attached to an aromatic ring is 1. The third kappa shape index (κ3) is 5.22. The lowest BCUT2D eigenvalue weighted by atomic mass is 10.1. The molecule has 0 aliphatic carbocycles. The third-order valence-electron chi connectivity index (χ3n) is 4.79. The first-order chi connectivity index (χ1) is 14.8. The van der Waals surface area contributed by atoms with Gasteiger partial charge >= 0.3 is 0 Å². The minimum atomic E-state index is -0.655. The summed E-state index contributed by atoms with van der Waals surface area (Å²) in [7, 11) is 0. The molecule has 3 N–H and O–H groups in total. The van der Waals surface area contributed by atoms with E-state index in [0.717, 1.165) is 17.2 Å². The van der Waals surface area contributed by atoms with E-state index in [1.165, 1.54) is 36.2 Å². The van der Waals surface area contributed by atoms with Crippen LogP contribution in [0.5, 0.6) is 0 Å². The Balaban J connectivity index is 1.76. The lowest BCUT2D eigenvalue weighted by Crippen LogP contribution is -2.12. The maximum Gasteiger partial charge on any atom is 0.133 e. The first-order valence-electron chi connectivity index (χ1n) is 9.60. The molecule has 4 nitrogen and oxygen atoms in total. The highest BCUT2D eigenvalue weighted by Crippen LogP contribution is 2.35. The molecule has 0 spiro atoms. The number of aryl methyl sites for hydroxylation is 1. The number of anilines is 2. The Hall–Kier alpha value is -3.38. The predicted molar refractivity (Wildman–Crippen MR) is 124 cm³/mol. The van der Waals surface area contributed by atoms with E-state index in [4.69, 9.17) is 17.3 Å². The summed E-state index contributed by atoms with van der Waals surface area (Å²) in [4.78, 5) is 3.94. The lowest BCUT2D eigenvalue weighted by Gasteiger charge is -2.16. The van der Waals surface area contributed by atoms with Gasteiger partial charge in [-0.1, -0.05) is 45.9 Å². The molecule has 2 aromatic carbocycles. The second-order valence-corrected chi connectivity index (χ2v) is 7.55. The van der Waals surface area contributed by atoms with E-state index in [9.17, 15) is 8.87 Å². The molecule has 0 saturated carbocycles. The monoisotopic (exact) mass is 440 g/mol. The number of hydrogen-bond acceptors (Lipinski definition) is 4. The molecular weight excluding hydrogens is 418 g/mol. The van der Waals surface area contributed by atoms with E-state index in [0.29, 0.717) is 5.12 Å². The average Bonchev–Trinajstić information content (AvgIpc) is 2.74. The van der Waals surface area contributed by atoms with Crippen molar-refractivity contribution in [2.75, 3.05) is 10.9 Å². The summed E-state index contributed by atoms with van der Waals surface area (Å²) in [6.07, 6.45) is 4.71. The number of aromatic nitrogens is 1. The Bertz CT molecular complexity index is 1120. The van der Waals surface area contributed by atoms with Gasteiger partial charge in [0.2, 0.25) is 0 Å². The molecule has 0 unspecified atom stereocenters. The van der Waals surface area contributed by atoms with Crippen molar-refractivity contribution >= 4 is 28.7 Å². The highest BCUT2D eigenvalue weighted by molar-refractivity contribution is 6.33. The van der Waals surface area contributed by atoms with Crippen molar-refractivity contribution in [3.8, 4) is 11.1 Å². The first-order valence-corrected chi connectivity index (χ1v) is 9.98. The van der Waals surface area contributed by atoms with Gasteiger partial charge in [-0.25, -0.2) is 9.37 Å². The fraction of sp³-hybridized carbons (Fsp3) is 0.125. The van der Waals surface area contributed by atoms with Gasteiger partial charge < -0.3 is 11.1 Å². The van der Waals surface area contributed by atoms with Gasteiger partial charge in [0.25, 0.3) is 0 Å². The van der Waals surface area contributed by atoms with E-state index in [1.54, 1.807) is 13.1 Å². The molecule has 31 heavy (non-hydrogen) atoms. The van der Waals surface area contributed by atoms with Crippen LogP contribution in [-0.2, 0) is 0 Å². The van der Waals surface area contributed by atoms with Crippen LogP contribution in [0, 0.1) is 12.7 Å². The fourth-order valence-electron chi connectivity index (χ4n) is 3.00. The Morgan fingerprint density at radius 1 is 1.10 bits per heavy atom. The summed E-state index contributed by atoms with van der Waals surface area (Å²) in [6, 6.07) is 13.6. The van der Waals surface area contributed by atoms with Gasteiger partial charge in [0.15, 0.2) is 0 Å². The van der Waals surface area contributed by atoms with E-state index in [1.807, 2.05) is 38.1 Å². The fourth-order valence-corrected chi connectivity index (χ4v) is 3.25. The van der Waals surface area contributed by atoms with Crippen LogP contribution in [0.4, 0.5) is 20.4 Å². The maximum absolute atomic E-state index is 14.8. The smallest absolute Gasteiger partial charge is 0.133 e. The molecule has 1 heterocycles. The van der Waals surface area contributed by atoms with Crippen LogP contribution in [0.1, 0.15) is 25.0 Å². The topological polar surface area (TPSA) is 54.2 Å². The zero-order chi connectivity index (χ0) is 22.5. The Labute approximate surface area is 185 Å². The van der Waals surface area contributed by atoms with Gasteiger partial charge in [-0.15, -0.1) is 0 Å². The summed E-state index contributed by atoms with van der Waals surface area (Å²) in [5.74, 6) is -0.551. The Morgan fingerprint density at radius 3 is 2.45 bits per heavy atom. The van der Waals surface area contributed by atoms with Gasteiger partial charge in [0.1, 0.15) is 11.6 Å². The summed E-state index contributed by atoms with van der Waals surface area (Å²) < 4.78 is 29.5. The second kappa shape index (κ2) is 9.62.